The quantitative estimate of drug-likeness (QED) is 0.885. The second-order valence-electron chi connectivity index (χ2n) is 5.79. The lowest BCUT2D eigenvalue weighted by Crippen LogP contribution is -2.49. The number of piperidine rings is 1. The third kappa shape index (κ3) is 3.09. The first-order chi connectivity index (χ1) is 8.52. The van der Waals surface area contributed by atoms with Gasteiger partial charge in [-0.25, -0.2) is 0 Å². The number of hydrogen-bond donors (Lipinski definition) is 1. The monoisotopic (exact) mass is 252 g/mol. The van der Waals surface area contributed by atoms with E-state index in [1.807, 2.05) is 7.05 Å². The van der Waals surface area contributed by atoms with Crippen LogP contribution in [-0.2, 0) is 6.54 Å². The zero-order chi connectivity index (χ0) is 13.2. The molecule has 0 saturated carbocycles. The lowest BCUT2D eigenvalue weighted by atomic mass is 9.90. The number of likely N-dealkylation sites (tertiary alicyclic amines) is 1. The molecule has 1 aromatic rings. The molecule has 0 unspecified atom stereocenters. The van der Waals surface area contributed by atoms with E-state index in [-0.39, 0.29) is 5.54 Å². The van der Waals surface area contributed by atoms with E-state index in [2.05, 4.69) is 41.1 Å². The minimum absolute atomic E-state index is 0.286. The Morgan fingerprint density at radius 1 is 1.39 bits per heavy atom. The summed E-state index contributed by atoms with van der Waals surface area (Å²) in [4.78, 5) is 6.81. The summed E-state index contributed by atoms with van der Waals surface area (Å²) < 4.78 is 5.29. The summed E-state index contributed by atoms with van der Waals surface area (Å²) in [6.07, 6.45) is 2.32. The SMILES string of the molecule is CNC1(C)CCN(Cc2nc(C(C)C)no2)CC1. The van der Waals surface area contributed by atoms with Crippen LogP contribution in [0.2, 0.25) is 0 Å². The second kappa shape index (κ2) is 5.36. The Morgan fingerprint density at radius 3 is 2.56 bits per heavy atom. The molecule has 0 spiro atoms. The summed E-state index contributed by atoms with van der Waals surface area (Å²) in [6.45, 7) is 9.38. The van der Waals surface area contributed by atoms with E-state index in [1.165, 1.54) is 0 Å². The minimum Gasteiger partial charge on any atom is -0.338 e. The van der Waals surface area contributed by atoms with Gasteiger partial charge in [0.2, 0.25) is 5.89 Å². The molecule has 1 saturated heterocycles. The Labute approximate surface area is 109 Å². The first kappa shape index (κ1) is 13.5. The topological polar surface area (TPSA) is 54.2 Å². The summed E-state index contributed by atoms with van der Waals surface area (Å²) in [7, 11) is 2.04. The van der Waals surface area contributed by atoms with Crippen LogP contribution in [-0.4, -0.2) is 40.7 Å². The molecule has 1 N–H and O–H groups in total. The van der Waals surface area contributed by atoms with Crippen LogP contribution in [0.3, 0.4) is 0 Å². The number of hydrogen-bond acceptors (Lipinski definition) is 5. The molecule has 0 amide bonds. The average molecular weight is 252 g/mol. The summed E-state index contributed by atoms with van der Waals surface area (Å²) >= 11 is 0. The van der Waals surface area contributed by atoms with Crippen molar-refractivity contribution in [3.05, 3.63) is 11.7 Å². The van der Waals surface area contributed by atoms with Crippen molar-refractivity contribution in [1.29, 1.82) is 0 Å². The number of rotatable bonds is 4. The highest BCUT2D eigenvalue weighted by Gasteiger charge is 2.28. The minimum atomic E-state index is 0.286. The molecule has 1 aliphatic heterocycles. The third-order valence-electron chi connectivity index (χ3n) is 3.92. The van der Waals surface area contributed by atoms with Crippen molar-refractivity contribution in [2.24, 2.45) is 0 Å². The van der Waals surface area contributed by atoms with Crippen LogP contribution in [0.4, 0.5) is 0 Å². The Morgan fingerprint density at radius 2 is 2.06 bits per heavy atom. The molecule has 5 heteroatoms. The van der Waals surface area contributed by atoms with Gasteiger partial charge in [-0.2, -0.15) is 4.98 Å². The summed E-state index contributed by atoms with van der Waals surface area (Å²) in [5, 5.41) is 7.41. The fraction of sp³-hybridized carbons (Fsp3) is 0.846. The van der Waals surface area contributed by atoms with Crippen LogP contribution in [0.5, 0.6) is 0 Å². The van der Waals surface area contributed by atoms with Gasteiger partial charge in [-0.15, -0.1) is 0 Å². The van der Waals surface area contributed by atoms with Gasteiger partial charge in [-0.3, -0.25) is 4.90 Å². The van der Waals surface area contributed by atoms with Crippen molar-refractivity contribution < 1.29 is 4.52 Å². The van der Waals surface area contributed by atoms with Crippen molar-refractivity contribution in [3.8, 4) is 0 Å². The van der Waals surface area contributed by atoms with E-state index in [4.69, 9.17) is 4.52 Å². The molecule has 18 heavy (non-hydrogen) atoms. The molecule has 102 valence electrons. The molecule has 1 aliphatic rings. The van der Waals surface area contributed by atoms with Crippen LogP contribution in [0.15, 0.2) is 4.52 Å². The predicted molar refractivity (Wildman–Crippen MR) is 70.4 cm³/mol. The Hall–Kier alpha value is -0.940. The molecule has 0 aromatic carbocycles. The average Bonchev–Trinajstić information content (AvgIpc) is 2.81. The maximum atomic E-state index is 5.29. The molecule has 2 rings (SSSR count). The summed E-state index contributed by atoms with van der Waals surface area (Å²) in [5.41, 5.74) is 0.286. The lowest BCUT2D eigenvalue weighted by Gasteiger charge is -2.38. The van der Waals surface area contributed by atoms with Gasteiger partial charge < -0.3 is 9.84 Å². The molecule has 0 atom stereocenters. The fourth-order valence-electron chi connectivity index (χ4n) is 2.21. The summed E-state index contributed by atoms with van der Waals surface area (Å²) in [5.74, 6) is 1.88. The molecule has 1 aromatic heterocycles. The largest absolute Gasteiger partial charge is 0.338 e. The van der Waals surface area contributed by atoms with Crippen LogP contribution in [0.1, 0.15) is 51.2 Å². The van der Waals surface area contributed by atoms with Gasteiger partial charge in [0.25, 0.3) is 0 Å². The molecule has 0 bridgehead atoms. The Kier molecular flexibility index (Phi) is 4.02. The van der Waals surface area contributed by atoms with Crippen molar-refractivity contribution in [2.45, 2.75) is 51.6 Å². The van der Waals surface area contributed by atoms with Crippen molar-refractivity contribution in [2.75, 3.05) is 20.1 Å². The molecule has 5 nitrogen and oxygen atoms in total. The second-order valence-corrected chi connectivity index (χ2v) is 5.79. The lowest BCUT2D eigenvalue weighted by molar-refractivity contribution is 0.133. The molecule has 2 heterocycles. The van der Waals surface area contributed by atoms with Crippen LogP contribution in [0, 0.1) is 0 Å². The van der Waals surface area contributed by atoms with Gasteiger partial charge in [0, 0.05) is 24.5 Å². The first-order valence-electron chi connectivity index (χ1n) is 6.76. The molecular formula is C13H24N4O. The molecule has 0 radical (unpaired) electrons. The van der Waals surface area contributed by atoms with Crippen LogP contribution in [0.25, 0.3) is 0 Å². The van der Waals surface area contributed by atoms with E-state index in [9.17, 15) is 0 Å². The van der Waals surface area contributed by atoms with E-state index < -0.39 is 0 Å². The van der Waals surface area contributed by atoms with Gasteiger partial charge in [0.15, 0.2) is 5.82 Å². The zero-order valence-corrected chi connectivity index (χ0v) is 11.9. The molecule has 0 aliphatic carbocycles. The van der Waals surface area contributed by atoms with E-state index >= 15 is 0 Å². The standard InChI is InChI=1S/C13H24N4O/c1-10(2)12-15-11(18-16-12)9-17-7-5-13(3,14-4)6-8-17/h10,14H,5-9H2,1-4H3. The molecule has 1 fully saturated rings. The van der Waals surface area contributed by atoms with Gasteiger partial charge in [-0.05, 0) is 26.8 Å². The highest BCUT2D eigenvalue weighted by molar-refractivity contribution is 4.93. The van der Waals surface area contributed by atoms with Crippen LogP contribution >= 0.6 is 0 Å². The van der Waals surface area contributed by atoms with Crippen LogP contribution < -0.4 is 5.32 Å². The normalized spacial score (nSPS) is 20.5. The number of aromatic nitrogens is 2. The third-order valence-corrected chi connectivity index (χ3v) is 3.92. The van der Waals surface area contributed by atoms with Crippen molar-refractivity contribution >= 4 is 0 Å². The van der Waals surface area contributed by atoms with E-state index in [0.717, 1.165) is 44.2 Å². The number of nitrogens with zero attached hydrogens (tertiary/aromatic N) is 3. The predicted octanol–water partition coefficient (Wildman–Crippen LogP) is 1.77. The summed E-state index contributed by atoms with van der Waals surface area (Å²) in [6, 6.07) is 0. The highest BCUT2D eigenvalue weighted by atomic mass is 16.5. The van der Waals surface area contributed by atoms with E-state index in [0.29, 0.717) is 5.92 Å². The Bertz CT molecular complexity index is 380. The maximum absolute atomic E-state index is 5.29. The van der Waals surface area contributed by atoms with Crippen molar-refractivity contribution in [3.63, 3.8) is 0 Å². The number of nitrogens with one attached hydrogen (secondary N) is 1. The van der Waals surface area contributed by atoms with E-state index in [1.54, 1.807) is 0 Å². The fourth-order valence-corrected chi connectivity index (χ4v) is 2.21. The maximum Gasteiger partial charge on any atom is 0.240 e. The smallest absolute Gasteiger partial charge is 0.240 e. The molecular weight excluding hydrogens is 228 g/mol. The zero-order valence-electron chi connectivity index (χ0n) is 11.9. The Balaban J connectivity index is 1.87. The van der Waals surface area contributed by atoms with Crippen molar-refractivity contribution in [1.82, 2.24) is 20.4 Å². The van der Waals surface area contributed by atoms with Gasteiger partial charge in [0.1, 0.15) is 0 Å². The van der Waals surface area contributed by atoms with Gasteiger partial charge in [0.05, 0.1) is 6.54 Å². The first-order valence-corrected chi connectivity index (χ1v) is 6.76. The van der Waals surface area contributed by atoms with Gasteiger partial charge in [-0.1, -0.05) is 19.0 Å². The van der Waals surface area contributed by atoms with Gasteiger partial charge >= 0.3 is 0 Å². The highest BCUT2D eigenvalue weighted by Crippen LogP contribution is 2.22.